The Morgan fingerprint density at radius 2 is 2.10 bits per heavy atom. The van der Waals surface area contributed by atoms with E-state index in [-0.39, 0.29) is 0 Å². The van der Waals surface area contributed by atoms with Crippen LogP contribution in [0.25, 0.3) is 0 Å². The zero-order valence-corrected chi connectivity index (χ0v) is 6.01. The summed E-state index contributed by atoms with van der Waals surface area (Å²) >= 11 is 0. The van der Waals surface area contributed by atoms with Crippen LogP contribution < -0.4 is 0 Å². The molecule has 58 valence electrons. The molecule has 1 heterocycles. The molecule has 3 nitrogen and oxygen atoms in total. The number of ether oxygens (including phenoxy) is 1. The van der Waals surface area contributed by atoms with E-state index in [0.29, 0.717) is 19.0 Å². The molecule has 0 atom stereocenters. The van der Waals surface area contributed by atoms with E-state index in [2.05, 4.69) is 5.21 Å². The van der Waals surface area contributed by atoms with Gasteiger partial charge >= 0.3 is 0 Å². The lowest BCUT2D eigenvalue weighted by Gasteiger charge is -2.26. The van der Waals surface area contributed by atoms with Gasteiger partial charge in [-0.2, -0.15) is 0 Å². The molecule has 0 N–H and O–H groups in total. The highest BCUT2D eigenvalue weighted by Crippen LogP contribution is 1.98. The number of halogens is 1. The Labute approximate surface area is 59.4 Å². The minimum absolute atomic E-state index is 0.448. The van der Waals surface area contributed by atoms with Crippen LogP contribution in [0, 0.1) is 0 Å². The molecule has 0 amide bonds. The summed E-state index contributed by atoms with van der Waals surface area (Å²) in [6.07, 6.45) is 0. The average Bonchev–Trinajstić information content (AvgIpc) is 2.05. The van der Waals surface area contributed by atoms with Gasteiger partial charge in [0.05, 0.1) is 13.2 Å². The summed E-state index contributed by atoms with van der Waals surface area (Å²) in [6, 6.07) is 0. The van der Waals surface area contributed by atoms with Crippen LogP contribution in [-0.4, -0.2) is 37.0 Å². The molecule has 0 aromatic heterocycles. The van der Waals surface area contributed by atoms with Gasteiger partial charge < -0.3 is 9.64 Å². The van der Waals surface area contributed by atoms with Gasteiger partial charge in [0.1, 0.15) is 5.84 Å². The van der Waals surface area contributed by atoms with E-state index in [1.54, 1.807) is 6.92 Å². The Bertz CT molecular complexity index is 132. The highest BCUT2D eigenvalue weighted by atomic mass is 19.2. The second kappa shape index (κ2) is 3.51. The van der Waals surface area contributed by atoms with Crippen molar-refractivity contribution in [1.29, 1.82) is 0 Å². The van der Waals surface area contributed by atoms with Crippen LogP contribution in [-0.2, 0) is 4.74 Å². The van der Waals surface area contributed by atoms with E-state index < -0.39 is 0 Å². The average molecular weight is 146 g/mol. The molecule has 0 unspecified atom stereocenters. The number of amidine groups is 1. The van der Waals surface area contributed by atoms with E-state index in [9.17, 15) is 4.48 Å². The molecular formula is C6H11FN2O. The standard InChI is InChI=1S/C6H11FN2O/c1-6(8-7)9-2-4-10-5-3-9/h2-5H2,1H3/b8-6+. The number of nitrogens with zero attached hydrogens (tertiary/aromatic N) is 2. The fourth-order valence-corrected chi connectivity index (χ4v) is 0.940. The quantitative estimate of drug-likeness (QED) is 0.369. The maximum atomic E-state index is 11.7. The van der Waals surface area contributed by atoms with Crippen molar-refractivity contribution in [2.75, 3.05) is 26.3 Å². The van der Waals surface area contributed by atoms with Crippen molar-refractivity contribution >= 4 is 5.84 Å². The number of rotatable bonds is 0. The molecule has 0 saturated carbocycles. The van der Waals surface area contributed by atoms with Crippen molar-refractivity contribution in [3.63, 3.8) is 0 Å². The smallest absolute Gasteiger partial charge is 0.135 e. The Morgan fingerprint density at radius 1 is 1.50 bits per heavy atom. The summed E-state index contributed by atoms with van der Waals surface area (Å²) in [4.78, 5) is 1.86. The van der Waals surface area contributed by atoms with Gasteiger partial charge in [-0.15, -0.1) is 0 Å². The monoisotopic (exact) mass is 146 g/mol. The molecule has 0 aliphatic carbocycles. The van der Waals surface area contributed by atoms with E-state index in [1.165, 1.54) is 0 Å². The minimum Gasteiger partial charge on any atom is -0.378 e. The van der Waals surface area contributed by atoms with Crippen molar-refractivity contribution in [2.45, 2.75) is 6.92 Å². The zero-order chi connectivity index (χ0) is 7.40. The molecule has 0 radical (unpaired) electrons. The molecular weight excluding hydrogens is 135 g/mol. The van der Waals surface area contributed by atoms with E-state index in [0.717, 1.165) is 13.1 Å². The zero-order valence-electron chi connectivity index (χ0n) is 6.01. The van der Waals surface area contributed by atoms with Crippen molar-refractivity contribution < 1.29 is 9.22 Å². The van der Waals surface area contributed by atoms with Gasteiger partial charge in [0, 0.05) is 13.1 Å². The first-order valence-electron chi connectivity index (χ1n) is 3.33. The lowest BCUT2D eigenvalue weighted by atomic mass is 10.4. The number of hydrogen-bond donors (Lipinski definition) is 0. The summed E-state index contributed by atoms with van der Waals surface area (Å²) in [5.41, 5.74) is 0. The van der Waals surface area contributed by atoms with Crippen LogP contribution in [0.4, 0.5) is 4.48 Å². The van der Waals surface area contributed by atoms with Crippen LogP contribution in [0.3, 0.4) is 0 Å². The van der Waals surface area contributed by atoms with Crippen molar-refractivity contribution in [3.05, 3.63) is 0 Å². The first-order valence-corrected chi connectivity index (χ1v) is 3.33. The van der Waals surface area contributed by atoms with Gasteiger partial charge in [-0.05, 0) is 6.92 Å². The van der Waals surface area contributed by atoms with E-state index in [1.807, 2.05) is 4.90 Å². The van der Waals surface area contributed by atoms with Crippen LogP contribution in [0.5, 0.6) is 0 Å². The fourth-order valence-electron chi connectivity index (χ4n) is 0.940. The number of morpholine rings is 1. The van der Waals surface area contributed by atoms with Crippen LogP contribution in [0.15, 0.2) is 5.21 Å². The highest BCUT2D eigenvalue weighted by Gasteiger charge is 2.10. The largest absolute Gasteiger partial charge is 0.378 e. The topological polar surface area (TPSA) is 24.8 Å². The second-order valence-electron chi connectivity index (χ2n) is 2.23. The van der Waals surface area contributed by atoms with Gasteiger partial charge in [0.2, 0.25) is 0 Å². The SMILES string of the molecule is C/C(=N\F)N1CCOCC1. The molecule has 1 rings (SSSR count). The lowest BCUT2D eigenvalue weighted by molar-refractivity contribution is 0.0671. The minimum atomic E-state index is 0.448. The Morgan fingerprint density at radius 3 is 2.60 bits per heavy atom. The van der Waals surface area contributed by atoms with E-state index >= 15 is 0 Å². The summed E-state index contributed by atoms with van der Waals surface area (Å²) in [7, 11) is 0. The maximum absolute atomic E-state index is 11.7. The predicted molar refractivity (Wildman–Crippen MR) is 36.6 cm³/mol. The first-order chi connectivity index (χ1) is 4.84. The fraction of sp³-hybridized carbons (Fsp3) is 0.833. The molecule has 1 saturated heterocycles. The first kappa shape index (κ1) is 7.47. The van der Waals surface area contributed by atoms with Crippen molar-refractivity contribution in [3.8, 4) is 0 Å². The molecule has 0 bridgehead atoms. The Balaban J connectivity index is 2.39. The summed E-state index contributed by atoms with van der Waals surface area (Å²) in [6.45, 7) is 4.50. The third-order valence-corrected chi connectivity index (χ3v) is 1.59. The van der Waals surface area contributed by atoms with Crippen LogP contribution in [0.1, 0.15) is 6.92 Å². The van der Waals surface area contributed by atoms with Gasteiger partial charge in [-0.3, -0.25) is 0 Å². The van der Waals surface area contributed by atoms with Crippen LogP contribution >= 0.6 is 0 Å². The van der Waals surface area contributed by atoms with Gasteiger partial charge in [0.15, 0.2) is 0 Å². The third-order valence-electron chi connectivity index (χ3n) is 1.59. The third kappa shape index (κ3) is 1.67. The molecule has 1 aliphatic rings. The molecule has 0 aromatic carbocycles. The second-order valence-corrected chi connectivity index (χ2v) is 2.23. The van der Waals surface area contributed by atoms with Gasteiger partial charge in [0.25, 0.3) is 0 Å². The highest BCUT2D eigenvalue weighted by molar-refractivity contribution is 5.79. The molecule has 0 spiro atoms. The normalized spacial score (nSPS) is 21.4. The molecule has 10 heavy (non-hydrogen) atoms. The molecule has 0 aromatic rings. The van der Waals surface area contributed by atoms with Crippen molar-refractivity contribution in [1.82, 2.24) is 4.90 Å². The lowest BCUT2D eigenvalue weighted by Crippen LogP contribution is -2.39. The van der Waals surface area contributed by atoms with Crippen molar-refractivity contribution in [2.24, 2.45) is 5.21 Å². The number of hydrogen-bond acceptors (Lipinski definition) is 2. The summed E-state index contributed by atoms with van der Waals surface area (Å²) < 4.78 is 16.8. The van der Waals surface area contributed by atoms with Gasteiger partial charge in [-0.1, -0.05) is 9.70 Å². The van der Waals surface area contributed by atoms with E-state index in [4.69, 9.17) is 4.74 Å². The molecule has 1 fully saturated rings. The summed E-state index contributed by atoms with van der Waals surface area (Å²) in [5, 5.41) is 2.60. The Kier molecular flexibility index (Phi) is 2.62. The maximum Gasteiger partial charge on any atom is 0.135 e. The summed E-state index contributed by atoms with van der Waals surface area (Å²) in [5.74, 6) is 0.448. The molecule has 1 aliphatic heterocycles. The van der Waals surface area contributed by atoms with Gasteiger partial charge in [-0.25, -0.2) is 0 Å². The van der Waals surface area contributed by atoms with Crippen LogP contribution in [0.2, 0.25) is 0 Å². The predicted octanol–water partition coefficient (Wildman–Crippen LogP) is 0.622. The Hall–Kier alpha value is -0.640. The molecule has 4 heteroatoms.